The number of aromatic nitrogens is 1. The molecule has 29 heavy (non-hydrogen) atoms. The predicted molar refractivity (Wildman–Crippen MR) is 112 cm³/mol. The van der Waals surface area contributed by atoms with Crippen LogP contribution in [0.5, 0.6) is 0 Å². The molecule has 3 amide bonds. The van der Waals surface area contributed by atoms with E-state index in [1.165, 1.54) is 0 Å². The van der Waals surface area contributed by atoms with Crippen LogP contribution in [0.1, 0.15) is 34.5 Å². The highest BCUT2D eigenvalue weighted by Crippen LogP contribution is 2.30. The van der Waals surface area contributed by atoms with Crippen LogP contribution in [-0.2, 0) is 9.59 Å². The third kappa shape index (κ3) is 3.47. The number of carbonyl (C=O) groups is 3. The lowest BCUT2D eigenvalue weighted by atomic mass is 10.1. The van der Waals surface area contributed by atoms with E-state index in [2.05, 4.69) is 10.3 Å². The molecule has 146 valence electrons. The summed E-state index contributed by atoms with van der Waals surface area (Å²) < 4.78 is 0. The molecule has 1 aliphatic heterocycles. The van der Waals surface area contributed by atoms with Crippen LogP contribution < -0.4 is 10.2 Å². The van der Waals surface area contributed by atoms with Gasteiger partial charge in [0, 0.05) is 34.5 Å². The van der Waals surface area contributed by atoms with Crippen LogP contribution in [0.25, 0.3) is 10.9 Å². The van der Waals surface area contributed by atoms with Gasteiger partial charge in [-0.2, -0.15) is 0 Å². The number of imide groups is 1. The largest absolute Gasteiger partial charge is 0.321 e. The number of aryl methyl sites for hydroxylation is 2. The first kappa shape index (κ1) is 19.1. The zero-order chi connectivity index (χ0) is 20.7. The smallest absolute Gasteiger partial charge is 0.255 e. The maximum absolute atomic E-state index is 12.8. The fourth-order valence-electron chi connectivity index (χ4n) is 3.46. The first-order valence-corrected chi connectivity index (χ1v) is 9.56. The summed E-state index contributed by atoms with van der Waals surface area (Å²) in [6.45, 7) is 3.75. The Kier molecular flexibility index (Phi) is 4.80. The SMILES string of the molecule is Cc1cc(NC(=O)c2ccc(N3C(=O)CCC3=O)cc2)c2ccc(Cl)c(C)c2n1. The van der Waals surface area contributed by atoms with E-state index in [0.29, 0.717) is 22.0 Å². The first-order valence-electron chi connectivity index (χ1n) is 9.19. The van der Waals surface area contributed by atoms with Gasteiger partial charge in [-0.25, -0.2) is 0 Å². The third-order valence-electron chi connectivity index (χ3n) is 4.98. The second-order valence-electron chi connectivity index (χ2n) is 7.00. The number of nitrogens with one attached hydrogen (secondary N) is 1. The molecule has 7 heteroatoms. The molecule has 2 heterocycles. The molecule has 1 fully saturated rings. The van der Waals surface area contributed by atoms with E-state index in [0.717, 1.165) is 27.1 Å². The predicted octanol–water partition coefficient (Wildman–Crippen LogP) is 4.41. The average molecular weight is 408 g/mol. The quantitative estimate of drug-likeness (QED) is 0.652. The molecule has 0 unspecified atom stereocenters. The van der Waals surface area contributed by atoms with Crippen LogP contribution in [0.4, 0.5) is 11.4 Å². The van der Waals surface area contributed by atoms with E-state index in [4.69, 9.17) is 11.6 Å². The molecule has 1 aromatic heterocycles. The topological polar surface area (TPSA) is 79.4 Å². The normalized spacial score (nSPS) is 14.0. The maximum atomic E-state index is 12.8. The molecule has 3 aromatic rings. The number of hydrogen-bond donors (Lipinski definition) is 1. The van der Waals surface area contributed by atoms with Gasteiger partial charge in [0.25, 0.3) is 5.91 Å². The molecular weight excluding hydrogens is 390 g/mol. The Hall–Kier alpha value is -3.25. The number of benzene rings is 2. The second kappa shape index (κ2) is 7.29. The number of amides is 3. The van der Waals surface area contributed by atoms with Crippen LogP contribution in [-0.4, -0.2) is 22.7 Å². The minimum Gasteiger partial charge on any atom is -0.321 e. The minimum absolute atomic E-state index is 0.221. The standard InChI is InChI=1S/C22H18ClN3O3/c1-12-11-18(16-7-8-17(23)13(2)21(16)24-12)25-22(29)14-3-5-15(6-4-14)26-19(27)9-10-20(26)28/h3-8,11H,9-10H2,1-2H3,(H,24,25,29). The first-order chi connectivity index (χ1) is 13.8. The van der Waals surface area contributed by atoms with Gasteiger partial charge >= 0.3 is 0 Å². The number of nitrogens with zero attached hydrogens (tertiary/aromatic N) is 2. The number of rotatable bonds is 3. The van der Waals surface area contributed by atoms with Crippen molar-refractivity contribution in [1.29, 1.82) is 0 Å². The van der Waals surface area contributed by atoms with Gasteiger partial charge in [0.05, 0.1) is 16.9 Å². The van der Waals surface area contributed by atoms with Crippen molar-refractivity contribution in [2.24, 2.45) is 0 Å². The number of pyridine rings is 1. The van der Waals surface area contributed by atoms with Gasteiger partial charge in [-0.1, -0.05) is 11.6 Å². The Morgan fingerprint density at radius 2 is 1.69 bits per heavy atom. The van der Waals surface area contributed by atoms with Crippen LogP contribution in [0.3, 0.4) is 0 Å². The van der Waals surface area contributed by atoms with E-state index in [1.54, 1.807) is 30.3 Å². The second-order valence-corrected chi connectivity index (χ2v) is 7.41. The van der Waals surface area contributed by atoms with Crippen LogP contribution in [0.15, 0.2) is 42.5 Å². The lowest BCUT2D eigenvalue weighted by molar-refractivity contribution is -0.121. The molecular formula is C22H18ClN3O3. The van der Waals surface area contributed by atoms with Crippen molar-refractivity contribution in [3.8, 4) is 0 Å². The Morgan fingerprint density at radius 3 is 2.34 bits per heavy atom. The van der Waals surface area contributed by atoms with Crippen molar-refractivity contribution in [2.75, 3.05) is 10.2 Å². The summed E-state index contributed by atoms with van der Waals surface area (Å²) in [7, 11) is 0. The minimum atomic E-state index is -0.296. The van der Waals surface area contributed by atoms with Crippen molar-refractivity contribution in [3.05, 3.63) is 64.3 Å². The number of halogens is 1. The average Bonchev–Trinajstić information content (AvgIpc) is 3.03. The molecule has 1 saturated heterocycles. The van der Waals surface area contributed by atoms with E-state index < -0.39 is 0 Å². The molecule has 0 aliphatic carbocycles. The van der Waals surface area contributed by atoms with Crippen molar-refractivity contribution in [1.82, 2.24) is 4.98 Å². The summed E-state index contributed by atoms with van der Waals surface area (Å²) >= 11 is 6.20. The number of carbonyl (C=O) groups excluding carboxylic acids is 3. The Bertz CT molecular complexity index is 1160. The molecule has 0 bridgehead atoms. The van der Waals surface area contributed by atoms with Crippen LogP contribution >= 0.6 is 11.6 Å². The van der Waals surface area contributed by atoms with Gasteiger partial charge in [0.1, 0.15) is 0 Å². The zero-order valence-electron chi connectivity index (χ0n) is 16.0. The summed E-state index contributed by atoms with van der Waals surface area (Å²) in [4.78, 5) is 42.2. The van der Waals surface area contributed by atoms with Crippen molar-refractivity contribution in [2.45, 2.75) is 26.7 Å². The lowest BCUT2D eigenvalue weighted by Gasteiger charge is -2.15. The highest BCUT2D eigenvalue weighted by Gasteiger charge is 2.30. The summed E-state index contributed by atoms with van der Waals surface area (Å²) in [5.41, 5.74) is 3.90. The van der Waals surface area contributed by atoms with Crippen LogP contribution in [0.2, 0.25) is 5.02 Å². The van der Waals surface area contributed by atoms with E-state index in [1.807, 2.05) is 26.0 Å². The Labute approximate surface area is 172 Å². The van der Waals surface area contributed by atoms with E-state index in [9.17, 15) is 14.4 Å². The monoisotopic (exact) mass is 407 g/mol. The molecule has 1 aliphatic rings. The van der Waals surface area contributed by atoms with Gasteiger partial charge in [0.15, 0.2) is 0 Å². The molecule has 0 radical (unpaired) electrons. The Morgan fingerprint density at radius 1 is 1.03 bits per heavy atom. The highest BCUT2D eigenvalue weighted by atomic mass is 35.5. The van der Waals surface area contributed by atoms with Crippen molar-refractivity contribution in [3.63, 3.8) is 0 Å². The molecule has 0 spiro atoms. The Balaban J connectivity index is 1.62. The maximum Gasteiger partial charge on any atom is 0.255 e. The fraction of sp³-hybridized carbons (Fsp3) is 0.182. The highest BCUT2D eigenvalue weighted by molar-refractivity contribution is 6.32. The molecule has 2 aromatic carbocycles. The van der Waals surface area contributed by atoms with Gasteiger partial charge in [-0.15, -0.1) is 0 Å². The summed E-state index contributed by atoms with van der Waals surface area (Å²) in [5.74, 6) is -0.741. The molecule has 1 N–H and O–H groups in total. The summed E-state index contributed by atoms with van der Waals surface area (Å²) in [6.07, 6.45) is 0.442. The van der Waals surface area contributed by atoms with Gasteiger partial charge in [-0.05, 0) is 61.9 Å². The molecule has 0 saturated carbocycles. The molecule has 4 rings (SSSR count). The van der Waals surface area contributed by atoms with Gasteiger partial charge in [0.2, 0.25) is 11.8 Å². The fourth-order valence-corrected chi connectivity index (χ4v) is 3.61. The molecule has 6 nitrogen and oxygen atoms in total. The summed E-state index contributed by atoms with van der Waals surface area (Å²) in [5, 5.41) is 4.35. The van der Waals surface area contributed by atoms with Gasteiger partial charge in [-0.3, -0.25) is 24.3 Å². The van der Waals surface area contributed by atoms with Crippen molar-refractivity contribution < 1.29 is 14.4 Å². The van der Waals surface area contributed by atoms with Gasteiger partial charge < -0.3 is 5.32 Å². The van der Waals surface area contributed by atoms with Crippen molar-refractivity contribution >= 4 is 51.6 Å². The van der Waals surface area contributed by atoms with Crippen LogP contribution in [0, 0.1) is 13.8 Å². The zero-order valence-corrected chi connectivity index (χ0v) is 16.7. The lowest BCUT2D eigenvalue weighted by Crippen LogP contribution is -2.28. The summed E-state index contributed by atoms with van der Waals surface area (Å²) in [6, 6.07) is 11.8. The number of hydrogen-bond acceptors (Lipinski definition) is 4. The third-order valence-corrected chi connectivity index (χ3v) is 5.39. The van der Waals surface area contributed by atoms with E-state index in [-0.39, 0.29) is 30.6 Å². The molecule has 0 atom stereocenters. The van der Waals surface area contributed by atoms with E-state index >= 15 is 0 Å². The number of fused-ring (bicyclic) bond motifs is 1. The number of anilines is 2.